The summed E-state index contributed by atoms with van der Waals surface area (Å²) in [5, 5.41) is 3.22. The van der Waals surface area contributed by atoms with Crippen LogP contribution in [0.25, 0.3) is 0 Å². The first kappa shape index (κ1) is 26.5. The van der Waals surface area contributed by atoms with Crippen molar-refractivity contribution in [1.82, 2.24) is 10.2 Å². The Bertz CT molecular complexity index is 917. The minimum atomic E-state index is -5.01. The largest absolute Gasteiger partial charge is 0.416 e. The average Bonchev–Trinajstić information content (AvgIpc) is 2.71. The molecule has 1 aliphatic rings. The van der Waals surface area contributed by atoms with Crippen LogP contribution in [0.5, 0.6) is 0 Å². The van der Waals surface area contributed by atoms with Crippen molar-refractivity contribution in [3.05, 3.63) is 69.2 Å². The number of hydrogen-bond donors (Lipinski definition) is 1. The second-order valence-corrected chi connectivity index (χ2v) is 8.34. The molecule has 11 heteroatoms. The molecule has 0 bridgehead atoms. The van der Waals surface area contributed by atoms with Crippen LogP contribution in [0.1, 0.15) is 39.4 Å². The molecule has 3 nitrogen and oxygen atoms in total. The maximum absolute atomic E-state index is 13.2. The van der Waals surface area contributed by atoms with Crippen molar-refractivity contribution in [3.8, 4) is 0 Å². The molecular weight excluding hydrogens is 526 g/mol. The predicted molar refractivity (Wildman–Crippen MR) is 114 cm³/mol. The van der Waals surface area contributed by atoms with Crippen LogP contribution < -0.4 is 5.32 Å². The topological polar surface area (TPSA) is 32.3 Å². The summed E-state index contributed by atoms with van der Waals surface area (Å²) in [5.74, 6) is -1.05. The second kappa shape index (κ2) is 10.0. The number of rotatable bonds is 3. The maximum Gasteiger partial charge on any atom is 0.416 e. The van der Waals surface area contributed by atoms with Gasteiger partial charge >= 0.3 is 12.4 Å². The third-order valence-corrected chi connectivity index (χ3v) is 5.92. The van der Waals surface area contributed by atoms with Crippen molar-refractivity contribution in [2.45, 2.75) is 30.7 Å². The Labute approximate surface area is 195 Å². The molecule has 2 unspecified atom stereocenters. The van der Waals surface area contributed by atoms with Crippen LogP contribution in [0.15, 0.2) is 46.9 Å². The molecule has 176 valence electrons. The van der Waals surface area contributed by atoms with Crippen LogP contribution >= 0.6 is 28.3 Å². The SMILES string of the molecule is CN(C(=O)c1cc(C(F)(F)F)cc(C(F)(F)F)c1)C1CCNCC1c1ccc(Br)cc1.Cl. The fraction of sp³-hybridized carbons (Fsp3) is 0.381. The van der Waals surface area contributed by atoms with Crippen LogP contribution in [-0.2, 0) is 12.4 Å². The zero-order valence-electron chi connectivity index (χ0n) is 16.7. The number of nitrogens with one attached hydrogen (secondary N) is 1. The Kier molecular flexibility index (Phi) is 8.28. The zero-order valence-corrected chi connectivity index (χ0v) is 19.1. The van der Waals surface area contributed by atoms with Crippen LogP contribution in [0.2, 0.25) is 0 Å². The summed E-state index contributed by atoms with van der Waals surface area (Å²) in [6.07, 6.45) is -9.51. The Hall–Kier alpha value is -1.78. The first-order valence-electron chi connectivity index (χ1n) is 9.41. The standard InChI is InChI=1S/C21H19BrF6N2O.ClH/c1-30(18-6-7-29-11-17(18)12-2-4-16(22)5-3-12)19(31)13-8-14(20(23,24)25)10-15(9-13)21(26,27)28;/h2-5,8-10,17-18,29H,6-7,11H2,1H3;1H. The van der Waals surface area contributed by atoms with E-state index >= 15 is 0 Å². The monoisotopic (exact) mass is 544 g/mol. The summed E-state index contributed by atoms with van der Waals surface area (Å²) in [7, 11) is 1.41. The van der Waals surface area contributed by atoms with Crippen molar-refractivity contribution in [2.75, 3.05) is 20.1 Å². The van der Waals surface area contributed by atoms with E-state index in [0.29, 0.717) is 31.6 Å². The van der Waals surface area contributed by atoms with Crippen LogP contribution in [0.3, 0.4) is 0 Å². The number of benzene rings is 2. The highest BCUT2D eigenvalue weighted by atomic mass is 79.9. The van der Waals surface area contributed by atoms with Crippen molar-refractivity contribution >= 4 is 34.2 Å². The van der Waals surface area contributed by atoms with E-state index in [2.05, 4.69) is 21.2 Å². The number of likely N-dealkylation sites (N-methyl/N-ethyl adjacent to an activating group) is 1. The molecule has 32 heavy (non-hydrogen) atoms. The predicted octanol–water partition coefficient (Wildman–Crippen LogP) is 6.13. The second-order valence-electron chi connectivity index (χ2n) is 7.43. The van der Waals surface area contributed by atoms with E-state index in [1.54, 1.807) is 0 Å². The van der Waals surface area contributed by atoms with Gasteiger partial charge in [-0.1, -0.05) is 28.1 Å². The molecule has 2 aromatic carbocycles. The minimum Gasteiger partial charge on any atom is -0.338 e. The molecule has 0 saturated carbocycles. The number of carbonyl (C=O) groups is 1. The van der Waals surface area contributed by atoms with Gasteiger partial charge < -0.3 is 10.2 Å². The molecule has 2 aromatic rings. The van der Waals surface area contributed by atoms with Crippen LogP contribution in [0, 0.1) is 0 Å². The van der Waals surface area contributed by atoms with Gasteiger partial charge in [0.2, 0.25) is 0 Å². The van der Waals surface area contributed by atoms with Gasteiger partial charge in [-0.25, -0.2) is 0 Å². The normalized spacial score (nSPS) is 19.2. The number of halogens is 8. The molecule has 0 spiro atoms. The van der Waals surface area contributed by atoms with E-state index in [1.807, 2.05) is 24.3 Å². The number of carbonyl (C=O) groups excluding carboxylic acids is 1. The number of nitrogens with zero attached hydrogens (tertiary/aromatic N) is 1. The maximum atomic E-state index is 13.2. The lowest BCUT2D eigenvalue weighted by molar-refractivity contribution is -0.143. The van der Waals surface area contributed by atoms with Gasteiger partial charge in [0, 0.05) is 35.6 Å². The number of amides is 1. The molecule has 1 fully saturated rings. The quantitative estimate of drug-likeness (QED) is 0.471. The van der Waals surface area contributed by atoms with Gasteiger partial charge in [-0.3, -0.25) is 4.79 Å². The molecule has 0 aromatic heterocycles. The first-order chi connectivity index (χ1) is 14.4. The molecule has 1 aliphatic heterocycles. The van der Waals surface area contributed by atoms with Crippen molar-refractivity contribution in [2.24, 2.45) is 0 Å². The van der Waals surface area contributed by atoms with Gasteiger partial charge in [0.1, 0.15) is 0 Å². The fourth-order valence-electron chi connectivity index (χ4n) is 3.79. The molecule has 0 radical (unpaired) electrons. The van der Waals surface area contributed by atoms with Gasteiger partial charge in [-0.15, -0.1) is 12.4 Å². The van der Waals surface area contributed by atoms with E-state index in [-0.39, 0.29) is 30.4 Å². The smallest absolute Gasteiger partial charge is 0.338 e. The highest BCUT2D eigenvalue weighted by molar-refractivity contribution is 9.10. The molecule has 2 atom stereocenters. The van der Waals surface area contributed by atoms with E-state index in [1.165, 1.54) is 11.9 Å². The number of hydrogen-bond acceptors (Lipinski definition) is 2. The minimum absolute atomic E-state index is 0. The van der Waals surface area contributed by atoms with E-state index in [4.69, 9.17) is 0 Å². The average molecular weight is 546 g/mol. The highest BCUT2D eigenvalue weighted by Crippen LogP contribution is 2.37. The summed E-state index contributed by atoms with van der Waals surface area (Å²) in [6, 6.07) is 8.01. The lowest BCUT2D eigenvalue weighted by atomic mass is 9.85. The van der Waals surface area contributed by atoms with E-state index in [0.717, 1.165) is 10.0 Å². The molecule has 1 amide bonds. The fourth-order valence-corrected chi connectivity index (χ4v) is 4.06. The first-order valence-corrected chi connectivity index (χ1v) is 10.2. The Balaban J connectivity index is 0.00000363. The lowest BCUT2D eigenvalue weighted by Crippen LogP contribution is -2.49. The van der Waals surface area contributed by atoms with E-state index in [9.17, 15) is 31.1 Å². The van der Waals surface area contributed by atoms with Gasteiger partial charge in [0.05, 0.1) is 11.1 Å². The zero-order chi connectivity index (χ0) is 23.0. The Morgan fingerprint density at radius 2 is 1.53 bits per heavy atom. The molecule has 0 aliphatic carbocycles. The van der Waals surface area contributed by atoms with Crippen molar-refractivity contribution < 1.29 is 31.1 Å². The third-order valence-electron chi connectivity index (χ3n) is 5.40. The van der Waals surface area contributed by atoms with Crippen molar-refractivity contribution in [3.63, 3.8) is 0 Å². The highest BCUT2D eigenvalue weighted by Gasteiger charge is 2.39. The number of alkyl halides is 6. The van der Waals surface area contributed by atoms with Gasteiger partial charge in [-0.2, -0.15) is 26.3 Å². The van der Waals surface area contributed by atoms with Crippen LogP contribution in [0.4, 0.5) is 26.3 Å². The third kappa shape index (κ3) is 5.96. The van der Waals surface area contributed by atoms with Crippen LogP contribution in [-0.4, -0.2) is 37.0 Å². The number of piperidine rings is 1. The molecule has 1 saturated heterocycles. The Morgan fingerprint density at radius 1 is 1.00 bits per heavy atom. The van der Waals surface area contributed by atoms with Gasteiger partial charge in [0.15, 0.2) is 0 Å². The molecule has 3 rings (SSSR count). The summed E-state index contributed by atoms with van der Waals surface area (Å²) in [6.45, 7) is 1.10. The molecule has 1 N–H and O–H groups in total. The Morgan fingerprint density at radius 3 is 2.03 bits per heavy atom. The van der Waals surface area contributed by atoms with Gasteiger partial charge in [-0.05, 0) is 48.9 Å². The molecular formula is C21H20BrClF6N2O. The van der Waals surface area contributed by atoms with Crippen molar-refractivity contribution in [1.29, 1.82) is 0 Å². The molecule has 1 heterocycles. The summed E-state index contributed by atoms with van der Waals surface area (Å²) >= 11 is 3.35. The summed E-state index contributed by atoms with van der Waals surface area (Å²) in [5.41, 5.74) is -2.74. The summed E-state index contributed by atoms with van der Waals surface area (Å²) in [4.78, 5) is 14.2. The summed E-state index contributed by atoms with van der Waals surface area (Å²) < 4.78 is 79.9. The lowest BCUT2D eigenvalue weighted by Gasteiger charge is -2.39. The van der Waals surface area contributed by atoms with E-state index < -0.39 is 35.0 Å². The van der Waals surface area contributed by atoms with Gasteiger partial charge in [0.25, 0.3) is 5.91 Å².